The highest BCUT2D eigenvalue weighted by molar-refractivity contribution is 7.89. The summed E-state index contributed by atoms with van der Waals surface area (Å²) >= 11 is 0. The minimum atomic E-state index is -3.59. The average molecular weight is 298 g/mol. The first kappa shape index (κ1) is 15.3. The molecule has 1 aromatic rings. The van der Waals surface area contributed by atoms with Crippen molar-refractivity contribution < 1.29 is 13.2 Å². The van der Waals surface area contributed by atoms with E-state index in [2.05, 4.69) is 4.72 Å². The van der Waals surface area contributed by atoms with Crippen LogP contribution in [-0.2, 0) is 10.0 Å². The van der Waals surface area contributed by atoms with Gasteiger partial charge in [-0.3, -0.25) is 0 Å². The van der Waals surface area contributed by atoms with Gasteiger partial charge in [0.1, 0.15) is 5.75 Å². The first-order valence-electron chi connectivity index (χ1n) is 6.88. The molecule has 3 N–H and O–H groups in total. The summed E-state index contributed by atoms with van der Waals surface area (Å²) in [5.41, 5.74) is 5.19. The van der Waals surface area contributed by atoms with Gasteiger partial charge in [0.2, 0.25) is 10.0 Å². The topological polar surface area (TPSA) is 81.4 Å². The van der Waals surface area contributed by atoms with Crippen LogP contribution in [0.3, 0.4) is 0 Å². The van der Waals surface area contributed by atoms with Crippen molar-refractivity contribution in [3.05, 3.63) is 24.3 Å². The largest absolute Gasteiger partial charge is 0.494 e. The number of nitrogens with two attached hydrogens (primary N) is 1. The zero-order valence-electron chi connectivity index (χ0n) is 11.9. The van der Waals surface area contributed by atoms with Gasteiger partial charge in [0.05, 0.1) is 11.5 Å². The number of sulfonamides is 1. The van der Waals surface area contributed by atoms with E-state index in [1.807, 2.05) is 13.8 Å². The van der Waals surface area contributed by atoms with Crippen LogP contribution in [0, 0.1) is 5.92 Å². The maximum atomic E-state index is 12.5. The minimum Gasteiger partial charge on any atom is -0.494 e. The summed E-state index contributed by atoms with van der Waals surface area (Å²) in [6.07, 6.45) is 2.05. The Kier molecular flexibility index (Phi) is 4.36. The maximum absolute atomic E-state index is 12.5. The normalized spacial score (nSPS) is 18.6. The minimum absolute atomic E-state index is 0.212. The van der Waals surface area contributed by atoms with Crippen LogP contribution >= 0.6 is 0 Å². The van der Waals surface area contributed by atoms with Gasteiger partial charge < -0.3 is 10.5 Å². The van der Waals surface area contributed by atoms with E-state index in [1.54, 1.807) is 18.2 Å². The highest BCUT2D eigenvalue weighted by Gasteiger charge is 2.43. The van der Waals surface area contributed by atoms with E-state index >= 15 is 0 Å². The summed E-state index contributed by atoms with van der Waals surface area (Å²) in [6.45, 7) is 4.52. The van der Waals surface area contributed by atoms with Gasteiger partial charge in [-0.15, -0.1) is 0 Å². The number of benzene rings is 1. The second kappa shape index (κ2) is 5.71. The number of nitrogens with one attached hydrogen (secondary N) is 1. The number of rotatable bonds is 7. The molecule has 1 unspecified atom stereocenters. The fourth-order valence-electron chi connectivity index (χ4n) is 2.28. The summed E-state index contributed by atoms with van der Waals surface area (Å²) in [4.78, 5) is 0.212. The maximum Gasteiger partial charge on any atom is 0.241 e. The van der Waals surface area contributed by atoms with Crippen molar-refractivity contribution in [1.29, 1.82) is 0 Å². The predicted octanol–water partition coefficient (Wildman–Crippen LogP) is 1.49. The summed E-state index contributed by atoms with van der Waals surface area (Å²) in [7, 11) is -3.59. The zero-order valence-corrected chi connectivity index (χ0v) is 12.7. The predicted molar refractivity (Wildman–Crippen MR) is 78.1 cm³/mol. The molecule has 1 aliphatic rings. The molecule has 1 aromatic carbocycles. The molecule has 5 nitrogen and oxygen atoms in total. The van der Waals surface area contributed by atoms with Crippen molar-refractivity contribution in [2.24, 2.45) is 11.7 Å². The van der Waals surface area contributed by atoms with Crippen molar-refractivity contribution in [2.45, 2.75) is 37.1 Å². The van der Waals surface area contributed by atoms with Gasteiger partial charge in [-0.25, -0.2) is 13.1 Å². The van der Waals surface area contributed by atoms with Gasteiger partial charge in [0, 0.05) is 18.2 Å². The highest BCUT2D eigenvalue weighted by atomic mass is 32.2. The molecule has 0 aliphatic heterocycles. The van der Waals surface area contributed by atoms with Crippen LogP contribution in [0.1, 0.15) is 26.7 Å². The molecule has 1 saturated carbocycles. The van der Waals surface area contributed by atoms with Gasteiger partial charge in [-0.2, -0.15) is 0 Å². The molecule has 112 valence electrons. The summed E-state index contributed by atoms with van der Waals surface area (Å²) in [5, 5.41) is 0. The second-order valence-electron chi connectivity index (χ2n) is 5.41. The van der Waals surface area contributed by atoms with Crippen molar-refractivity contribution in [2.75, 3.05) is 13.2 Å². The Balaban J connectivity index is 2.23. The Labute approximate surface area is 120 Å². The molecule has 0 bridgehead atoms. The molecule has 0 radical (unpaired) electrons. The van der Waals surface area contributed by atoms with Gasteiger partial charge in [0.25, 0.3) is 0 Å². The molecule has 0 heterocycles. The SMILES string of the molecule is CCOc1cccc(S(=O)(=O)NC(C)(CN)C2CC2)c1. The van der Waals surface area contributed by atoms with E-state index in [4.69, 9.17) is 10.5 Å². The molecule has 0 saturated heterocycles. The van der Waals surface area contributed by atoms with E-state index in [9.17, 15) is 8.42 Å². The van der Waals surface area contributed by atoms with E-state index in [0.29, 0.717) is 24.8 Å². The molecular formula is C14H22N2O3S. The van der Waals surface area contributed by atoms with Gasteiger partial charge in [-0.05, 0) is 44.7 Å². The number of hydrogen-bond donors (Lipinski definition) is 2. The Bertz CT molecular complexity index is 570. The zero-order chi connectivity index (χ0) is 14.8. The highest BCUT2D eigenvalue weighted by Crippen LogP contribution is 2.39. The van der Waals surface area contributed by atoms with Crippen molar-refractivity contribution >= 4 is 10.0 Å². The van der Waals surface area contributed by atoms with Gasteiger partial charge in [-0.1, -0.05) is 6.07 Å². The first-order valence-corrected chi connectivity index (χ1v) is 8.36. The van der Waals surface area contributed by atoms with Crippen LogP contribution < -0.4 is 15.2 Å². The van der Waals surface area contributed by atoms with Crippen LogP contribution in [0.15, 0.2) is 29.2 Å². The van der Waals surface area contributed by atoms with Crippen molar-refractivity contribution in [3.8, 4) is 5.75 Å². The van der Waals surface area contributed by atoms with Crippen LogP contribution in [0.4, 0.5) is 0 Å². The van der Waals surface area contributed by atoms with Crippen LogP contribution in [-0.4, -0.2) is 27.1 Å². The Hall–Kier alpha value is -1.11. The number of hydrogen-bond acceptors (Lipinski definition) is 4. The molecule has 0 amide bonds. The molecule has 6 heteroatoms. The molecule has 1 aliphatic carbocycles. The quantitative estimate of drug-likeness (QED) is 0.799. The average Bonchev–Trinajstić information content (AvgIpc) is 3.23. The van der Waals surface area contributed by atoms with E-state index in [1.165, 1.54) is 6.07 Å². The molecule has 0 spiro atoms. The summed E-state index contributed by atoms with van der Waals surface area (Å²) in [6, 6.07) is 6.52. The Morgan fingerprint density at radius 3 is 2.70 bits per heavy atom. The lowest BCUT2D eigenvalue weighted by Crippen LogP contribution is -2.52. The van der Waals surface area contributed by atoms with Crippen molar-refractivity contribution in [1.82, 2.24) is 4.72 Å². The van der Waals surface area contributed by atoms with Gasteiger partial charge in [0.15, 0.2) is 0 Å². The van der Waals surface area contributed by atoms with Crippen LogP contribution in [0.5, 0.6) is 5.75 Å². The monoisotopic (exact) mass is 298 g/mol. The summed E-state index contributed by atoms with van der Waals surface area (Å²) < 4.78 is 33.0. The third kappa shape index (κ3) is 3.31. The first-order chi connectivity index (χ1) is 9.41. The molecule has 1 fully saturated rings. The van der Waals surface area contributed by atoms with E-state index < -0.39 is 15.6 Å². The molecule has 20 heavy (non-hydrogen) atoms. The van der Waals surface area contributed by atoms with E-state index in [-0.39, 0.29) is 4.90 Å². The fourth-order valence-corrected chi connectivity index (χ4v) is 3.79. The number of ether oxygens (including phenoxy) is 1. The van der Waals surface area contributed by atoms with Crippen LogP contribution in [0.2, 0.25) is 0 Å². The lowest BCUT2D eigenvalue weighted by Gasteiger charge is -2.29. The third-order valence-electron chi connectivity index (χ3n) is 3.70. The van der Waals surface area contributed by atoms with Gasteiger partial charge >= 0.3 is 0 Å². The Morgan fingerprint density at radius 1 is 1.45 bits per heavy atom. The molecular weight excluding hydrogens is 276 g/mol. The molecule has 0 aromatic heterocycles. The van der Waals surface area contributed by atoms with Crippen molar-refractivity contribution in [3.63, 3.8) is 0 Å². The third-order valence-corrected chi connectivity index (χ3v) is 5.31. The molecule has 1 atom stereocenters. The second-order valence-corrected chi connectivity index (χ2v) is 7.09. The lowest BCUT2D eigenvalue weighted by atomic mass is 9.98. The fraction of sp³-hybridized carbons (Fsp3) is 0.571. The molecule has 2 rings (SSSR count). The standard InChI is InChI=1S/C14H22N2O3S/c1-3-19-12-5-4-6-13(9-12)20(17,18)16-14(2,10-15)11-7-8-11/h4-6,9,11,16H,3,7-8,10,15H2,1-2H3. The lowest BCUT2D eigenvalue weighted by molar-refractivity contribution is 0.339. The van der Waals surface area contributed by atoms with Crippen LogP contribution in [0.25, 0.3) is 0 Å². The van der Waals surface area contributed by atoms with E-state index in [0.717, 1.165) is 12.8 Å². The Morgan fingerprint density at radius 2 is 2.15 bits per heavy atom. The smallest absolute Gasteiger partial charge is 0.241 e. The summed E-state index contributed by atoms with van der Waals surface area (Å²) in [5.74, 6) is 0.883.